The number of phenols is 2. The van der Waals surface area contributed by atoms with E-state index in [4.69, 9.17) is 18.9 Å². The fourth-order valence-corrected chi connectivity index (χ4v) is 3.96. The zero-order valence-corrected chi connectivity index (χ0v) is 17.8. The van der Waals surface area contributed by atoms with E-state index in [9.17, 15) is 40.5 Å². The average molecular weight is 480 g/mol. The number of aliphatic carboxylic acids is 1. The maximum atomic E-state index is 11.3. The van der Waals surface area contributed by atoms with Crippen LogP contribution in [-0.2, 0) is 16.0 Å². The molecule has 12 nitrogen and oxygen atoms in total. The third-order valence-electron chi connectivity index (χ3n) is 5.77. The fraction of sp³-hybridized carbons (Fsp3) is 0.409. The second-order valence-electron chi connectivity index (χ2n) is 8.01. The molecule has 7 N–H and O–H groups in total. The predicted octanol–water partition coefficient (Wildman–Crippen LogP) is -0.586. The summed E-state index contributed by atoms with van der Waals surface area (Å²) in [4.78, 5) is 11.3. The number of hydrogen-bond acceptors (Lipinski definition) is 11. The van der Waals surface area contributed by atoms with E-state index in [1.54, 1.807) is 6.07 Å². The lowest BCUT2D eigenvalue weighted by Crippen LogP contribution is -2.61. The van der Waals surface area contributed by atoms with E-state index >= 15 is 0 Å². The van der Waals surface area contributed by atoms with Crippen LogP contribution < -0.4 is 14.2 Å². The number of hydrogen-bond donors (Lipinski definition) is 7. The summed E-state index contributed by atoms with van der Waals surface area (Å²) in [5.74, 6) is -1.73. The summed E-state index contributed by atoms with van der Waals surface area (Å²) in [5.41, 5.74) is 0.775. The Hall–Kier alpha value is -3.29. The number of ether oxygens (including phenoxy) is 4. The van der Waals surface area contributed by atoms with Crippen LogP contribution >= 0.6 is 0 Å². The minimum Gasteiger partial charge on any atom is -0.507 e. The zero-order valence-electron chi connectivity index (χ0n) is 17.8. The summed E-state index contributed by atoms with van der Waals surface area (Å²) in [5, 5.41) is 70.0. The molecule has 2 aromatic rings. The maximum Gasteiger partial charge on any atom is 0.335 e. The largest absolute Gasteiger partial charge is 0.507 e. The van der Waals surface area contributed by atoms with Crippen molar-refractivity contribution < 1.29 is 59.5 Å². The van der Waals surface area contributed by atoms with Gasteiger partial charge < -0.3 is 54.7 Å². The monoisotopic (exact) mass is 480 g/mol. The zero-order chi connectivity index (χ0) is 24.7. The van der Waals surface area contributed by atoms with Gasteiger partial charge in [-0.1, -0.05) is 6.07 Å². The van der Waals surface area contributed by atoms with Crippen molar-refractivity contribution in [1.29, 1.82) is 0 Å². The molecule has 2 heterocycles. The van der Waals surface area contributed by atoms with Crippen LogP contribution in [0.1, 0.15) is 17.2 Å². The van der Waals surface area contributed by atoms with Crippen molar-refractivity contribution in [1.82, 2.24) is 0 Å². The Morgan fingerprint density at radius 3 is 2.41 bits per heavy atom. The smallest absolute Gasteiger partial charge is 0.335 e. The highest BCUT2D eigenvalue weighted by Crippen LogP contribution is 2.43. The van der Waals surface area contributed by atoms with E-state index in [1.165, 1.54) is 25.3 Å². The molecule has 0 spiro atoms. The molecule has 0 amide bonds. The number of methoxy groups -OCH3 is 1. The molecule has 1 saturated heterocycles. The first-order valence-corrected chi connectivity index (χ1v) is 10.3. The number of carbonyl (C=O) groups is 1. The molecule has 7 atom stereocenters. The predicted molar refractivity (Wildman–Crippen MR) is 111 cm³/mol. The van der Waals surface area contributed by atoms with Crippen molar-refractivity contribution in [3.8, 4) is 28.7 Å². The van der Waals surface area contributed by atoms with Gasteiger partial charge in [0.1, 0.15) is 41.7 Å². The number of rotatable bonds is 5. The van der Waals surface area contributed by atoms with E-state index in [0.717, 1.165) is 6.07 Å². The molecule has 4 rings (SSSR count). The van der Waals surface area contributed by atoms with Gasteiger partial charge in [0, 0.05) is 24.1 Å². The quantitative estimate of drug-likeness (QED) is 0.288. The molecule has 2 aliphatic heterocycles. The highest BCUT2D eigenvalue weighted by Gasteiger charge is 2.48. The van der Waals surface area contributed by atoms with Crippen LogP contribution in [0.2, 0.25) is 0 Å². The minimum absolute atomic E-state index is 0.0177. The first kappa shape index (κ1) is 23.9. The van der Waals surface area contributed by atoms with Crippen LogP contribution in [0.15, 0.2) is 30.3 Å². The standard InChI is InChI=1S/C22H24O12/c1-31-15-4-8(2-3-11(15)23)19-13(25)7-10-12(24)5-9(6-14(10)33-19)32-22-18(28)16(26)17(27)20(34-22)21(29)30/h2-6,13,16-20,22-28H,7H2,1H3,(H,29,30)/t13?,16-,17-,18+,19?,20-,22+/m0/s1. The van der Waals surface area contributed by atoms with E-state index in [2.05, 4.69) is 0 Å². The van der Waals surface area contributed by atoms with Crippen molar-refractivity contribution >= 4 is 5.97 Å². The van der Waals surface area contributed by atoms with Gasteiger partial charge in [-0.3, -0.25) is 0 Å². The van der Waals surface area contributed by atoms with Crippen molar-refractivity contribution in [2.24, 2.45) is 0 Å². The Kier molecular flexibility index (Phi) is 6.43. The third-order valence-corrected chi connectivity index (χ3v) is 5.77. The first-order valence-electron chi connectivity index (χ1n) is 10.3. The molecule has 2 aliphatic rings. The number of carboxylic acids is 1. The highest BCUT2D eigenvalue weighted by atomic mass is 16.7. The van der Waals surface area contributed by atoms with Crippen LogP contribution in [0.3, 0.4) is 0 Å². The highest BCUT2D eigenvalue weighted by molar-refractivity contribution is 5.73. The molecule has 0 aromatic heterocycles. The Bertz CT molecular complexity index is 1070. The van der Waals surface area contributed by atoms with Gasteiger partial charge in [0.25, 0.3) is 0 Å². The lowest BCUT2D eigenvalue weighted by Gasteiger charge is -2.38. The molecular formula is C22H24O12. The third kappa shape index (κ3) is 4.29. The first-order chi connectivity index (χ1) is 16.1. The van der Waals surface area contributed by atoms with Gasteiger partial charge in [-0.15, -0.1) is 0 Å². The van der Waals surface area contributed by atoms with Gasteiger partial charge in [-0.05, 0) is 17.7 Å². The van der Waals surface area contributed by atoms with Crippen LogP contribution in [0.5, 0.6) is 28.7 Å². The van der Waals surface area contributed by atoms with Crippen LogP contribution in [-0.4, -0.2) is 85.6 Å². The van der Waals surface area contributed by atoms with E-state index < -0.39 is 48.9 Å². The molecule has 184 valence electrons. The number of phenolic OH excluding ortho intramolecular Hbond substituents is 2. The molecule has 2 unspecified atom stereocenters. The summed E-state index contributed by atoms with van der Waals surface area (Å²) < 4.78 is 21.5. The molecule has 0 bridgehead atoms. The molecule has 12 heteroatoms. The van der Waals surface area contributed by atoms with Crippen molar-refractivity contribution in [3.05, 3.63) is 41.5 Å². The number of aliphatic hydroxyl groups is 4. The number of benzene rings is 2. The van der Waals surface area contributed by atoms with E-state index in [0.29, 0.717) is 5.56 Å². The Balaban J connectivity index is 1.60. The minimum atomic E-state index is -1.88. The fourth-order valence-electron chi connectivity index (χ4n) is 3.96. The van der Waals surface area contributed by atoms with Crippen molar-refractivity contribution in [2.45, 2.75) is 49.3 Å². The lowest BCUT2D eigenvalue weighted by molar-refractivity contribution is -0.271. The molecule has 0 aliphatic carbocycles. The summed E-state index contributed by atoms with van der Waals surface area (Å²) in [6, 6.07) is 6.93. The molecule has 1 fully saturated rings. The lowest BCUT2D eigenvalue weighted by atomic mass is 9.94. The summed E-state index contributed by atoms with van der Waals surface area (Å²) >= 11 is 0. The second kappa shape index (κ2) is 9.16. The molecule has 0 saturated carbocycles. The van der Waals surface area contributed by atoms with E-state index in [-0.39, 0.29) is 40.7 Å². The Morgan fingerprint density at radius 1 is 1.00 bits per heavy atom. The van der Waals surface area contributed by atoms with Crippen molar-refractivity contribution in [2.75, 3.05) is 7.11 Å². The van der Waals surface area contributed by atoms with Gasteiger partial charge in [0.05, 0.1) is 13.2 Å². The maximum absolute atomic E-state index is 11.3. The van der Waals surface area contributed by atoms with Crippen LogP contribution in [0, 0.1) is 0 Å². The number of aliphatic hydroxyl groups excluding tert-OH is 4. The molecule has 0 radical (unpaired) electrons. The Morgan fingerprint density at radius 2 is 1.74 bits per heavy atom. The van der Waals surface area contributed by atoms with Gasteiger partial charge >= 0.3 is 5.97 Å². The molecule has 34 heavy (non-hydrogen) atoms. The molecular weight excluding hydrogens is 456 g/mol. The topological polar surface area (TPSA) is 196 Å². The summed E-state index contributed by atoms with van der Waals surface area (Å²) in [7, 11) is 1.38. The van der Waals surface area contributed by atoms with Crippen LogP contribution in [0.25, 0.3) is 0 Å². The van der Waals surface area contributed by atoms with Gasteiger partial charge in [-0.2, -0.15) is 0 Å². The van der Waals surface area contributed by atoms with Gasteiger partial charge in [0.2, 0.25) is 6.29 Å². The molecule has 2 aromatic carbocycles. The van der Waals surface area contributed by atoms with Gasteiger partial charge in [-0.25, -0.2) is 4.79 Å². The van der Waals surface area contributed by atoms with E-state index in [1.807, 2.05) is 0 Å². The second-order valence-corrected chi connectivity index (χ2v) is 8.01. The summed E-state index contributed by atoms with van der Waals surface area (Å²) in [6.45, 7) is 0. The number of aromatic hydroxyl groups is 2. The normalized spacial score (nSPS) is 30.7. The van der Waals surface area contributed by atoms with Gasteiger partial charge in [0.15, 0.2) is 17.6 Å². The van der Waals surface area contributed by atoms with Crippen LogP contribution in [0.4, 0.5) is 0 Å². The SMILES string of the molecule is COc1cc(C2Oc3cc(O[C@@H]4O[C@H](C(=O)O)[C@@H](O)[C@H](O)[C@H]4O)cc(O)c3CC2O)ccc1O. The average Bonchev–Trinajstić information content (AvgIpc) is 2.80. The summed E-state index contributed by atoms with van der Waals surface area (Å²) in [6.07, 6.45) is -11.0. The van der Waals surface area contributed by atoms with Crippen molar-refractivity contribution in [3.63, 3.8) is 0 Å². The number of carboxylic acid groups (broad SMARTS) is 1. The Labute approximate surface area is 192 Å². The number of fused-ring (bicyclic) bond motifs is 1.